The van der Waals surface area contributed by atoms with Gasteiger partial charge in [-0.15, -0.1) is 11.8 Å². The molecule has 0 aliphatic rings. The number of nitrogens with zero attached hydrogens (tertiary/aromatic N) is 1. The molecule has 0 N–H and O–H groups in total. The van der Waals surface area contributed by atoms with Crippen LogP contribution in [-0.2, 0) is 4.79 Å². The first-order valence-corrected chi connectivity index (χ1v) is 8.42. The highest BCUT2D eigenvalue weighted by Gasteiger charge is 2.16. The zero-order valence-corrected chi connectivity index (χ0v) is 14.1. The van der Waals surface area contributed by atoms with Gasteiger partial charge in [-0.3, -0.25) is 4.79 Å². The third-order valence-corrected chi connectivity index (χ3v) is 4.33. The van der Waals surface area contributed by atoms with Gasteiger partial charge >= 0.3 is 0 Å². The van der Waals surface area contributed by atoms with Crippen LogP contribution in [0.3, 0.4) is 0 Å². The van der Waals surface area contributed by atoms with Crippen molar-refractivity contribution in [2.75, 3.05) is 5.75 Å². The van der Waals surface area contributed by atoms with Crippen molar-refractivity contribution >= 4 is 18.0 Å². The lowest BCUT2D eigenvalue weighted by molar-refractivity contribution is -0.112. The first-order valence-electron chi connectivity index (χ1n) is 7.44. The molecule has 0 saturated carbocycles. The smallest absolute Gasteiger partial charge is 0.180 e. The van der Waals surface area contributed by atoms with E-state index in [2.05, 4.69) is 20.1 Å². The number of aldehydes is 1. The monoisotopic (exact) mass is 327 g/mol. The van der Waals surface area contributed by atoms with Crippen LogP contribution < -0.4 is 4.74 Å². The predicted molar refractivity (Wildman–Crippen MR) is 96.4 cm³/mol. The molecule has 1 atom stereocenters. The molecule has 1 aromatic rings. The van der Waals surface area contributed by atoms with Crippen molar-refractivity contribution in [3.63, 3.8) is 0 Å². The van der Waals surface area contributed by atoms with Crippen molar-refractivity contribution in [3.8, 4) is 11.8 Å². The molecule has 3 nitrogen and oxygen atoms in total. The Bertz CT molecular complexity index is 611. The van der Waals surface area contributed by atoms with Gasteiger partial charge in [0, 0.05) is 10.5 Å². The van der Waals surface area contributed by atoms with Crippen LogP contribution in [0.2, 0.25) is 0 Å². The number of allylic oxidation sites excluding steroid dienone is 1. The van der Waals surface area contributed by atoms with Crippen molar-refractivity contribution in [1.82, 2.24) is 0 Å². The first-order chi connectivity index (χ1) is 11.2. The summed E-state index contributed by atoms with van der Waals surface area (Å²) in [6.45, 7) is 9.75. The molecular weight excluding hydrogens is 306 g/mol. The lowest BCUT2D eigenvalue weighted by atomic mass is 10.1. The number of hydrogen-bond acceptors (Lipinski definition) is 4. The summed E-state index contributed by atoms with van der Waals surface area (Å²) in [5.41, 5.74) is 1.25. The number of nitriles is 1. The van der Waals surface area contributed by atoms with Gasteiger partial charge < -0.3 is 4.74 Å². The fraction of sp³-hybridized carbons (Fsp3) is 0.263. The van der Waals surface area contributed by atoms with Gasteiger partial charge in [0.1, 0.15) is 5.75 Å². The van der Waals surface area contributed by atoms with Crippen molar-refractivity contribution in [2.45, 2.75) is 25.9 Å². The van der Waals surface area contributed by atoms with Gasteiger partial charge in [0.25, 0.3) is 0 Å². The molecule has 0 saturated heterocycles. The maximum atomic E-state index is 11.5. The molecule has 23 heavy (non-hydrogen) atoms. The molecule has 0 heterocycles. The number of thioether (sulfide) groups is 1. The average molecular weight is 327 g/mol. The molecule has 1 unspecified atom stereocenters. The Morgan fingerprint density at radius 3 is 2.52 bits per heavy atom. The van der Waals surface area contributed by atoms with E-state index in [-0.39, 0.29) is 0 Å². The Balaban J connectivity index is 2.97. The molecule has 4 heteroatoms. The standard InChI is InChI=1S/C19H21NO2S/c1-4-7-12-23-19(6-3)17(5-2)18(14-21)22-16-10-8-15(13-20)9-11-16/h5-6,8-11,14,18H,2-4,7,12H2,1H3/b19-17-. The predicted octanol–water partition coefficient (Wildman–Crippen LogP) is 4.66. The second-order valence-electron chi connectivity index (χ2n) is 4.74. The SMILES string of the molecule is C=C/C(SCCCC)=C(\C=C)C(C=O)Oc1ccc(C#N)cc1. The summed E-state index contributed by atoms with van der Waals surface area (Å²) >= 11 is 1.65. The highest BCUT2D eigenvalue weighted by molar-refractivity contribution is 8.03. The van der Waals surface area contributed by atoms with Crippen LogP contribution in [0.15, 0.2) is 60.1 Å². The van der Waals surface area contributed by atoms with E-state index in [1.165, 1.54) is 0 Å². The van der Waals surface area contributed by atoms with E-state index in [0.717, 1.165) is 29.8 Å². The maximum absolute atomic E-state index is 11.5. The molecule has 0 radical (unpaired) electrons. The number of carbonyl (C=O) groups is 1. The Labute approximate surface area is 142 Å². The van der Waals surface area contributed by atoms with Crippen molar-refractivity contribution in [2.24, 2.45) is 0 Å². The van der Waals surface area contributed by atoms with Crippen LogP contribution in [0, 0.1) is 11.3 Å². The summed E-state index contributed by atoms with van der Waals surface area (Å²) in [6.07, 6.45) is 5.57. The van der Waals surface area contributed by atoms with Gasteiger partial charge in [-0.05, 0) is 36.4 Å². The van der Waals surface area contributed by atoms with E-state index in [0.29, 0.717) is 16.9 Å². The minimum absolute atomic E-state index is 0.530. The van der Waals surface area contributed by atoms with E-state index in [9.17, 15) is 4.79 Å². The number of ether oxygens (including phenoxy) is 1. The number of carbonyl (C=O) groups excluding carboxylic acids is 1. The minimum Gasteiger partial charge on any atom is -0.478 e. The number of hydrogen-bond donors (Lipinski definition) is 0. The van der Waals surface area contributed by atoms with Crippen LogP contribution in [-0.4, -0.2) is 18.1 Å². The molecule has 0 amide bonds. The summed E-state index contributed by atoms with van der Waals surface area (Å²) in [6, 6.07) is 8.70. The van der Waals surface area contributed by atoms with E-state index < -0.39 is 6.10 Å². The van der Waals surface area contributed by atoms with Gasteiger partial charge in [0.15, 0.2) is 12.4 Å². The highest BCUT2D eigenvalue weighted by atomic mass is 32.2. The maximum Gasteiger partial charge on any atom is 0.180 e. The lowest BCUT2D eigenvalue weighted by Crippen LogP contribution is -2.21. The summed E-state index contributed by atoms with van der Waals surface area (Å²) in [7, 11) is 0. The number of unbranched alkanes of at least 4 members (excludes halogenated alkanes) is 1. The Kier molecular flexibility index (Phi) is 8.56. The van der Waals surface area contributed by atoms with Crippen molar-refractivity contribution in [3.05, 3.63) is 65.6 Å². The quantitative estimate of drug-likeness (QED) is 0.356. The molecule has 0 spiro atoms. The van der Waals surface area contributed by atoms with E-state index in [4.69, 9.17) is 10.00 Å². The van der Waals surface area contributed by atoms with Gasteiger partial charge in [-0.1, -0.05) is 38.7 Å². The van der Waals surface area contributed by atoms with E-state index in [1.807, 2.05) is 6.07 Å². The number of benzene rings is 1. The van der Waals surface area contributed by atoms with Crippen molar-refractivity contribution < 1.29 is 9.53 Å². The van der Waals surface area contributed by atoms with Crippen LogP contribution in [0.25, 0.3) is 0 Å². The van der Waals surface area contributed by atoms with Gasteiger partial charge in [-0.2, -0.15) is 5.26 Å². The van der Waals surface area contributed by atoms with Crippen LogP contribution in [0.4, 0.5) is 0 Å². The van der Waals surface area contributed by atoms with Crippen LogP contribution in [0.1, 0.15) is 25.3 Å². The third kappa shape index (κ3) is 5.80. The summed E-state index contributed by atoms with van der Waals surface area (Å²) in [4.78, 5) is 12.4. The molecule has 1 rings (SSSR count). The fourth-order valence-corrected chi connectivity index (χ4v) is 3.00. The minimum atomic E-state index is -0.748. The Hall–Kier alpha value is -2.25. The van der Waals surface area contributed by atoms with Gasteiger partial charge in [0.2, 0.25) is 0 Å². The summed E-state index contributed by atoms with van der Waals surface area (Å²) in [5, 5.41) is 8.81. The summed E-state index contributed by atoms with van der Waals surface area (Å²) < 4.78 is 5.74. The molecular formula is C19H21NO2S. The first kappa shape index (κ1) is 18.8. The molecule has 0 aliphatic carbocycles. The highest BCUT2D eigenvalue weighted by Crippen LogP contribution is 2.26. The molecule has 0 aromatic heterocycles. The third-order valence-electron chi connectivity index (χ3n) is 3.12. The van der Waals surface area contributed by atoms with E-state index >= 15 is 0 Å². The van der Waals surface area contributed by atoms with Crippen molar-refractivity contribution in [1.29, 1.82) is 5.26 Å². The number of rotatable bonds is 10. The van der Waals surface area contributed by atoms with E-state index in [1.54, 1.807) is 48.2 Å². The largest absolute Gasteiger partial charge is 0.478 e. The molecule has 0 aliphatic heterocycles. The second-order valence-corrected chi connectivity index (χ2v) is 5.88. The summed E-state index contributed by atoms with van der Waals surface area (Å²) in [5.74, 6) is 1.49. The van der Waals surface area contributed by atoms with Crippen LogP contribution in [0.5, 0.6) is 5.75 Å². The Morgan fingerprint density at radius 1 is 1.35 bits per heavy atom. The van der Waals surface area contributed by atoms with Gasteiger partial charge in [-0.25, -0.2) is 0 Å². The zero-order chi connectivity index (χ0) is 17.1. The second kappa shape index (κ2) is 10.5. The topological polar surface area (TPSA) is 50.1 Å². The molecule has 120 valence electrons. The lowest BCUT2D eigenvalue weighted by Gasteiger charge is -2.17. The average Bonchev–Trinajstić information content (AvgIpc) is 2.60. The zero-order valence-electron chi connectivity index (χ0n) is 13.3. The fourth-order valence-electron chi connectivity index (χ4n) is 1.86. The Morgan fingerprint density at radius 2 is 2.04 bits per heavy atom. The van der Waals surface area contributed by atoms with Gasteiger partial charge in [0.05, 0.1) is 11.6 Å². The van der Waals surface area contributed by atoms with Crippen LogP contribution >= 0.6 is 11.8 Å². The molecule has 1 aromatic carbocycles. The molecule has 0 bridgehead atoms. The normalized spacial score (nSPS) is 12.5. The molecule has 0 fully saturated rings.